The summed E-state index contributed by atoms with van der Waals surface area (Å²) < 4.78 is 28.0. The maximum Gasteiger partial charge on any atom is 0.247 e. The van der Waals surface area contributed by atoms with Crippen LogP contribution in [-0.2, 0) is 17.6 Å². The van der Waals surface area contributed by atoms with Crippen molar-refractivity contribution in [3.8, 4) is 28.7 Å². The second kappa shape index (κ2) is 12.4. The zero-order valence-corrected chi connectivity index (χ0v) is 22.7. The molecule has 1 heterocycles. The van der Waals surface area contributed by atoms with Crippen LogP contribution in [0.3, 0.4) is 0 Å². The monoisotopic (exact) mass is 517 g/mol. The van der Waals surface area contributed by atoms with Gasteiger partial charge in [0.15, 0.2) is 23.0 Å². The van der Waals surface area contributed by atoms with Crippen LogP contribution in [0, 0.1) is 0 Å². The van der Waals surface area contributed by atoms with E-state index in [9.17, 15) is 4.79 Å². The van der Waals surface area contributed by atoms with Crippen molar-refractivity contribution in [2.75, 3.05) is 41.6 Å². The highest BCUT2D eigenvalue weighted by molar-refractivity contribution is 5.92. The van der Waals surface area contributed by atoms with Crippen molar-refractivity contribution in [2.45, 2.75) is 25.8 Å². The average Bonchev–Trinajstić information content (AvgIpc) is 2.97. The minimum atomic E-state index is -0.299. The Morgan fingerprint density at radius 3 is 2.18 bits per heavy atom. The van der Waals surface area contributed by atoms with E-state index in [0.717, 1.165) is 28.9 Å². The zero-order chi connectivity index (χ0) is 27.1. The van der Waals surface area contributed by atoms with Crippen molar-refractivity contribution in [1.82, 2.24) is 4.90 Å². The normalized spacial score (nSPS) is 14.7. The molecule has 1 atom stereocenters. The minimum absolute atomic E-state index is 0.102. The Morgan fingerprint density at radius 1 is 0.868 bits per heavy atom. The zero-order valence-electron chi connectivity index (χ0n) is 22.7. The van der Waals surface area contributed by atoms with Gasteiger partial charge in [-0.25, -0.2) is 0 Å². The number of aryl methyl sites for hydroxylation is 1. The van der Waals surface area contributed by atoms with Gasteiger partial charge in [-0.3, -0.25) is 4.79 Å². The van der Waals surface area contributed by atoms with Crippen LogP contribution in [0.1, 0.15) is 35.2 Å². The molecule has 0 bridgehead atoms. The lowest BCUT2D eigenvalue weighted by molar-refractivity contribution is -0.129. The highest BCUT2D eigenvalue weighted by Gasteiger charge is 2.32. The molecule has 4 rings (SSSR count). The predicted molar refractivity (Wildman–Crippen MR) is 148 cm³/mol. The summed E-state index contributed by atoms with van der Waals surface area (Å²) >= 11 is 0. The summed E-state index contributed by atoms with van der Waals surface area (Å²) in [7, 11) is 6.42. The molecule has 1 unspecified atom stereocenters. The molecule has 1 aliphatic rings. The summed E-state index contributed by atoms with van der Waals surface area (Å²) in [6.07, 6.45) is 5.05. The van der Waals surface area contributed by atoms with Gasteiger partial charge in [0.25, 0.3) is 0 Å². The van der Waals surface area contributed by atoms with E-state index in [1.807, 2.05) is 47.4 Å². The third kappa shape index (κ3) is 5.88. The Hall–Kier alpha value is -4.13. The van der Waals surface area contributed by atoms with Crippen LogP contribution >= 0.6 is 0 Å². The molecule has 3 aromatic carbocycles. The molecule has 0 saturated heterocycles. The van der Waals surface area contributed by atoms with Gasteiger partial charge >= 0.3 is 0 Å². The van der Waals surface area contributed by atoms with E-state index in [4.69, 9.17) is 23.7 Å². The van der Waals surface area contributed by atoms with Gasteiger partial charge in [-0.15, -0.1) is 0 Å². The minimum Gasteiger partial charge on any atom is -0.493 e. The highest BCUT2D eigenvalue weighted by Crippen LogP contribution is 2.38. The van der Waals surface area contributed by atoms with Gasteiger partial charge < -0.3 is 28.6 Å². The number of hydrogen-bond donors (Lipinski definition) is 0. The first-order valence-electron chi connectivity index (χ1n) is 12.7. The van der Waals surface area contributed by atoms with Crippen molar-refractivity contribution in [3.63, 3.8) is 0 Å². The van der Waals surface area contributed by atoms with Crippen LogP contribution < -0.4 is 23.7 Å². The number of amides is 1. The van der Waals surface area contributed by atoms with Crippen LogP contribution in [0.25, 0.3) is 6.08 Å². The van der Waals surface area contributed by atoms with Crippen LogP contribution in [-0.4, -0.2) is 52.4 Å². The third-order valence-corrected chi connectivity index (χ3v) is 6.85. The Kier molecular flexibility index (Phi) is 8.79. The first-order chi connectivity index (χ1) is 18.5. The van der Waals surface area contributed by atoms with Gasteiger partial charge in [-0.2, -0.15) is 0 Å². The second-order valence-electron chi connectivity index (χ2n) is 8.96. The van der Waals surface area contributed by atoms with Gasteiger partial charge in [0, 0.05) is 12.6 Å². The lowest BCUT2D eigenvalue weighted by Crippen LogP contribution is -2.41. The third-order valence-electron chi connectivity index (χ3n) is 6.85. The quantitative estimate of drug-likeness (QED) is 0.331. The van der Waals surface area contributed by atoms with E-state index in [2.05, 4.69) is 19.1 Å². The molecule has 0 spiro atoms. The number of ether oxygens (including phenoxy) is 5. The molecule has 0 radical (unpaired) electrons. The molecule has 7 nitrogen and oxygen atoms in total. The number of carbonyl (C=O) groups excluding carboxylic acids is 1. The first-order valence-corrected chi connectivity index (χ1v) is 12.7. The summed E-state index contributed by atoms with van der Waals surface area (Å²) in [6.45, 7) is 2.99. The fourth-order valence-corrected chi connectivity index (χ4v) is 4.69. The van der Waals surface area contributed by atoms with Crippen molar-refractivity contribution >= 4 is 12.0 Å². The molecule has 200 valence electrons. The number of hydrogen-bond acceptors (Lipinski definition) is 6. The molecule has 1 aliphatic heterocycles. The van der Waals surface area contributed by atoms with Gasteiger partial charge in [-0.05, 0) is 77.6 Å². The van der Waals surface area contributed by atoms with Crippen LogP contribution in [0.5, 0.6) is 28.7 Å². The molecule has 0 aromatic heterocycles. The smallest absolute Gasteiger partial charge is 0.247 e. The van der Waals surface area contributed by atoms with Gasteiger partial charge in [0.1, 0.15) is 12.4 Å². The average molecular weight is 518 g/mol. The fourth-order valence-electron chi connectivity index (χ4n) is 4.69. The van der Waals surface area contributed by atoms with E-state index in [0.29, 0.717) is 42.6 Å². The van der Waals surface area contributed by atoms with E-state index in [1.54, 1.807) is 40.6 Å². The predicted octanol–water partition coefficient (Wildman–Crippen LogP) is 5.50. The number of fused-ring (bicyclic) bond motifs is 1. The lowest BCUT2D eigenvalue weighted by atomic mass is 9.92. The molecular formula is C31H35NO6. The van der Waals surface area contributed by atoms with Gasteiger partial charge in [-0.1, -0.05) is 25.1 Å². The summed E-state index contributed by atoms with van der Waals surface area (Å²) in [5, 5.41) is 0. The maximum absolute atomic E-state index is 13.5. The van der Waals surface area contributed by atoms with Crippen molar-refractivity contribution < 1.29 is 28.5 Å². The van der Waals surface area contributed by atoms with Gasteiger partial charge in [0.05, 0.1) is 34.5 Å². The van der Waals surface area contributed by atoms with Crippen LogP contribution in [0.2, 0.25) is 0 Å². The SMILES string of the molecule is CCc1ccc(OCC2c3cc(OC)c(OC)cc3CCN2C(=O)/C=C/c2ccc(OC)c(OC)c2)cc1. The van der Waals surface area contributed by atoms with Gasteiger partial charge in [0.2, 0.25) is 5.91 Å². The molecule has 38 heavy (non-hydrogen) atoms. The fraction of sp³-hybridized carbons (Fsp3) is 0.323. The molecule has 0 N–H and O–H groups in total. The van der Waals surface area contributed by atoms with Crippen molar-refractivity contribution in [3.05, 3.63) is 82.9 Å². The molecular weight excluding hydrogens is 482 g/mol. The number of methoxy groups -OCH3 is 4. The van der Waals surface area contributed by atoms with E-state index in [-0.39, 0.29) is 11.9 Å². The summed E-state index contributed by atoms with van der Waals surface area (Å²) in [4.78, 5) is 15.4. The Balaban J connectivity index is 1.62. The van der Waals surface area contributed by atoms with Crippen molar-refractivity contribution in [1.29, 1.82) is 0 Å². The summed E-state index contributed by atoms with van der Waals surface area (Å²) in [5.41, 5.74) is 4.19. The molecule has 0 fully saturated rings. The number of rotatable bonds is 10. The topological polar surface area (TPSA) is 66.5 Å². The van der Waals surface area contributed by atoms with Crippen LogP contribution in [0.4, 0.5) is 0 Å². The van der Waals surface area contributed by atoms with E-state index >= 15 is 0 Å². The summed E-state index contributed by atoms with van der Waals surface area (Å²) in [6, 6.07) is 17.3. The second-order valence-corrected chi connectivity index (χ2v) is 8.96. The van der Waals surface area contributed by atoms with E-state index in [1.165, 1.54) is 5.56 Å². The Morgan fingerprint density at radius 2 is 1.53 bits per heavy atom. The lowest BCUT2D eigenvalue weighted by Gasteiger charge is -2.37. The molecule has 0 saturated carbocycles. The van der Waals surface area contributed by atoms with E-state index < -0.39 is 0 Å². The number of benzene rings is 3. The first kappa shape index (κ1) is 26.9. The molecule has 7 heteroatoms. The maximum atomic E-state index is 13.5. The Labute approximate surface area is 224 Å². The summed E-state index contributed by atoms with van der Waals surface area (Å²) in [5.74, 6) is 3.21. The molecule has 1 amide bonds. The number of nitrogens with zero attached hydrogens (tertiary/aromatic N) is 1. The molecule has 3 aromatic rings. The van der Waals surface area contributed by atoms with Crippen LogP contribution in [0.15, 0.2) is 60.7 Å². The Bertz CT molecular complexity index is 1280. The standard InChI is InChI=1S/C31H35NO6/c1-6-21-7-11-24(12-8-21)38-20-26-25-19-30(37-5)29(36-4)18-23(25)15-16-32(26)31(33)14-10-22-9-13-27(34-2)28(17-22)35-3/h7-14,17-19,26H,6,15-16,20H2,1-5H3/b14-10+. The highest BCUT2D eigenvalue weighted by atomic mass is 16.5. The molecule has 0 aliphatic carbocycles. The largest absolute Gasteiger partial charge is 0.493 e. The number of carbonyl (C=O) groups is 1. The van der Waals surface area contributed by atoms with Crippen molar-refractivity contribution in [2.24, 2.45) is 0 Å².